The second-order valence-electron chi connectivity index (χ2n) is 5.37. The van der Waals surface area contributed by atoms with Crippen LogP contribution in [0.5, 0.6) is 0 Å². The molecule has 0 saturated carbocycles. The molecule has 0 aromatic heterocycles. The molecule has 2 fully saturated rings. The number of ether oxygens (including phenoxy) is 1. The van der Waals surface area contributed by atoms with Gasteiger partial charge in [0.25, 0.3) is 0 Å². The Morgan fingerprint density at radius 3 is 2.62 bits per heavy atom. The first kappa shape index (κ1) is 12.3. The lowest BCUT2D eigenvalue weighted by atomic mass is 10.1. The van der Waals surface area contributed by atoms with Crippen LogP contribution in [0.1, 0.15) is 39.5 Å². The van der Waals surface area contributed by atoms with Gasteiger partial charge in [0.1, 0.15) is 0 Å². The van der Waals surface area contributed by atoms with E-state index < -0.39 is 0 Å². The summed E-state index contributed by atoms with van der Waals surface area (Å²) in [7, 11) is 0. The predicted octanol–water partition coefficient (Wildman–Crippen LogP) is 1.63. The van der Waals surface area contributed by atoms with E-state index >= 15 is 0 Å². The Bertz CT molecular complexity index is 194. The van der Waals surface area contributed by atoms with Crippen molar-refractivity contribution in [2.24, 2.45) is 0 Å². The lowest BCUT2D eigenvalue weighted by molar-refractivity contribution is 0.0830. The lowest BCUT2D eigenvalue weighted by Gasteiger charge is -2.39. The zero-order valence-electron chi connectivity index (χ0n) is 10.7. The van der Waals surface area contributed by atoms with E-state index in [1.165, 1.54) is 32.2 Å². The zero-order valence-corrected chi connectivity index (χ0v) is 10.7. The van der Waals surface area contributed by atoms with Gasteiger partial charge in [-0.1, -0.05) is 0 Å². The number of hydrogen-bond acceptors (Lipinski definition) is 3. The third-order valence-corrected chi connectivity index (χ3v) is 3.98. The van der Waals surface area contributed by atoms with Crippen molar-refractivity contribution >= 4 is 0 Å². The second-order valence-corrected chi connectivity index (χ2v) is 5.37. The van der Waals surface area contributed by atoms with E-state index in [9.17, 15) is 0 Å². The molecule has 3 atom stereocenters. The summed E-state index contributed by atoms with van der Waals surface area (Å²) >= 11 is 0. The van der Waals surface area contributed by atoms with Crippen molar-refractivity contribution in [1.29, 1.82) is 0 Å². The number of piperazine rings is 1. The van der Waals surface area contributed by atoms with Crippen molar-refractivity contribution in [3.63, 3.8) is 0 Å². The van der Waals surface area contributed by atoms with Gasteiger partial charge in [0.05, 0.1) is 6.10 Å². The van der Waals surface area contributed by atoms with Gasteiger partial charge in [0.2, 0.25) is 0 Å². The Hall–Kier alpha value is -0.120. The molecule has 0 aromatic rings. The standard InChI is InChI=1S/C13H26N2O/c1-11-9-14-10-12(2)15(11)7-3-5-13-6-4-8-16-13/h11-14H,3-10H2,1-2H3. The van der Waals surface area contributed by atoms with Crippen molar-refractivity contribution < 1.29 is 4.74 Å². The van der Waals surface area contributed by atoms with Crippen molar-refractivity contribution in [3.8, 4) is 0 Å². The Kier molecular flexibility index (Phi) is 4.62. The maximum Gasteiger partial charge on any atom is 0.0576 e. The molecule has 94 valence electrons. The van der Waals surface area contributed by atoms with Crippen LogP contribution in [0.2, 0.25) is 0 Å². The Morgan fingerprint density at radius 2 is 2.00 bits per heavy atom. The van der Waals surface area contributed by atoms with Crippen molar-refractivity contribution in [2.45, 2.75) is 57.7 Å². The van der Waals surface area contributed by atoms with Crippen LogP contribution in [-0.4, -0.2) is 49.3 Å². The van der Waals surface area contributed by atoms with Crippen LogP contribution in [-0.2, 0) is 4.74 Å². The first-order chi connectivity index (χ1) is 7.77. The lowest BCUT2D eigenvalue weighted by Crippen LogP contribution is -2.55. The van der Waals surface area contributed by atoms with Crippen LogP contribution in [0.25, 0.3) is 0 Å². The van der Waals surface area contributed by atoms with E-state index in [0.29, 0.717) is 18.2 Å². The first-order valence-corrected chi connectivity index (χ1v) is 6.85. The van der Waals surface area contributed by atoms with E-state index in [2.05, 4.69) is 24.1 Å². The van der Waals surface area contributed by atoms with E-state index in [1.54, 1.807) is 0 Å². The third-order valence-electron chi connectivity index (χ3n) is 3.98. The summed E-state index contributed by atoms with van der Waals surface area (Å²) in [5.74, 6) is 0. The summed E-state index contributed by atoms with van der Waals surface area (Å²) in [6.07, 6.45) is 5.66. The van der Waals surface area contributed by atoms with Crippen molar-refractivity contribution in [3.05, 3.63) is 0 Å². The van der Waals surface area contributed by atoms with Crippen molar-refractivity contribution in [2.75, 3.05) is 26.2 Å². The second kappa shape index (κ2) is 5.99. The molecule has 2 heterocycles. The monoisotopic (exact) mass is 226 g/mol. The first-order valence-electron chi connectivity index (χ1n) is 6.85. The van der Waals surface area contributed by atoms with Gasteiger partial charge in [-0.15, -0.1) is 0 Å². The summed E-state index contributed by atoms with van der Waals surface area (Å²) in [5, 5.41) is 3.48. The van der Waals surface area contributed by atoms with Gasteiger partial charge in [0, 0.05) is 31.8 Å². The van der Waals surface area contributed by atoms with E-state index in [0.717, 1.165) is 19.7 Å². The van der Waals surface area contributed by atoms with E-state index in [1.807, 2.05) is 0 Å². The highest BCUT2D eigenvalue weighted by molar-refractivity contribution is 4.82. The Balaban J connectivity index is 1.67. The van der Waals surface area contributed by atoms with Gasteiger partial charge in [-0.2, -0.15) is 0 Å². The van der Waals surface area contributed by atoms with Gasteiger partial charge in [0.15, 0.2) is 0 Å². The molecule has 1 N–H and O–H groups in total. The molecule has 0 bridgehead atoms. The molecule has 16 heavy (non-hydrogen) atoms. The highest BCUT2D eigenvalue weighted by Crippen LogP contribution is 2.18. The summed E-state index contributed by atoms with van der Waals surface area (Å²) in [5.41, 5.74) is 0. The van der Waals surface area contributed by atoms with Crippen LogP contribution in [0, 0.1) is 0 Å². The average Bonchev–Trinajstić information content (AvgIpc) is 2.75. The highest BCUT2D eigenvalue weighted by Gasteiger charge is 2.24. The Labute approximate surface area is 99.5 Å². The molecule has 3 heteroatoms. The zero-order chi connectivity index (χ0) is 11.4. The van der Waals surface area contributed by atoms with Crippen LogP contribution in [0.15, 0.2) is 0 Å². The molecule has 3 nitrogen and oxygen atoms in total. The molecule has 0 amide bonds. The molecule has 0 aliphatic carbocycles. The fourth-order valence-corrected chi connectivity index (χ4v) is 2.98. The SMILES string of the molecule is CC1CNCC(C)N1CCCC1CCCO1. The van der Waals surface area contributed by atoms with Crippen LogP contribution < -0.4 is 5.32 Å². The minimum atomic E-state index is 0.563. The molecule has 0 radical (unpaired) electrons. The summed E-state index contributed by atoms with van der Waals surface area (Å²) < 4.78 is 5.67. The molecule has 2 aliphatic heterocycles. The van der Waals surface area contributed by atoms with Crippen LogP contribution >= 0.6 is 0 Å². The smallest absolute Gasteiger partial charge is 0.0576 e. The fourth-order valence-electron chi connectivity index (χ4n) is 2.98. The maximum atomic E-state index is 5.67. The van der Waals surface area contributed by atoms with Gasteiger partial charge in [-0.3, -0.25) is 4.90 Å². The number of nitrogens with one attached hydrogen (secondary N) is 1. The minimum absolute atomic E-state index is 0.563. The fraction of sp³-hybridized carbons (Fsp3) is 1.00. The predicted molar refractivity (Wildman–Crippen MR) is 66.7 cm³/mol. The van der Waals surface area contributed by atoms with E-state index in [4.69, 9.17) is 4.74 Å². The largest absolute Gasteiger partial charge is 0.378 e. The molecule has 0 aromatic carbocycles. The van der Waals surface area contributed by atoms with E-state index in [-0.39, 0.29) is 0 Å². The molecule has 2 rings (SSSR count). The molecular weight excluding hydrogens is 200 g/mol. The van der Waals surface area contributed by atoms with Gasteiger partial charge >= 0.3 is 0 Å². The number of rotatable bonds is 4. The van der Waals surface area contributed by atoms with Gasteiger partial charge in [-0.05, 0) is 46.1 Å². The molecule has 3 unspecified atom stereocenters. The minimum Gasteiger partial charge on any atom is -0.378 e. The molecule has 0 spiro atoms. The Morgan fingerprint density at radius 1 is 1.25 bits per heavy atom. The van der Waals surface area contributed by atoms with Gasteiger partial charge in [-0.25, -0.2) is 0 Å². The van der Waals surface area contributed by atoms with Crippen molar-refractivity contribution in [1.82, 2.24) is 10.2 Å². The molecular formula is C13H26N2O. The summed E-state index contributed by atoms with van der Waals surface area (Å²) in [6.45, 7) is 9.17. The van der Waals surface area contributed by atoms with Gasteiger partial charge < -0.3 is 10.1 Å². The van der Waals surface area contributed by atoms with Crippen LogP contribution in [0.4, 0.5) is 0 Å². The molecule has 2 saturated heterocycles. The highest BCUT2D eigenvalue weighted by atomic mass is 16.5. The topological polar surface area (TPSA) is 24.5 Å². The quantitative estimate of drug-likeness (QED) is 0.788. The summed E-state index contributed by atoms with van der Waals surface area (Å²) in [4.78, 5) is 2.64. The third kappa shape index (κ3) is 3.19. The number of hydrogen-bond donors (Lipinski definition) is 1. The molecule has 2 aliphatic rings. The summed E-state index contributed by atoms with van der Waals surface area (Å²) in [6, 6.07) is 1.38. The maximum absolute atomic E-state index is 5.67. The normalized spacial score (nSPS) is 36.8. The number of nitrogens with zero attached hydrogens (tertiary/aromatic N) is 1. The average molecular weight is 226 g/mol. The van der Waals surface area contributed by atoms with Crippen LogP contribution in [0.3, 0.4) is 0 Å².